The van der Waals surface area contributed by atoms with Crippen LogP contribution in [0.15, 0.2) is 29.3 Å². The van der Waals surface area contributed by atoms with E-state index in [1.807, 2.05) is 36.1 Å². The molecule has 8 nitrogen and oxygen atoms in total. The van der Waals surface area contributed by atoms with Crippen LogP contribution in [0.3, 0.4) is 0 Å². The molecule has 27 heavy (non-hydrogen) atoms. The largest absolute Gasteiger partial charge is 0.357 e. The van der Waals surface area contributed by atoms with Crippen LogP contribution in [-0.4, -0.2) is 68.0 Å². The summed E-state index contributed by atoms with van der Waals surface area (Å²) < 4.78 is 0. The molecule has 1 saturated heterocycles. The van der Waals surface area contributed by atoms with E-state index in [1.165, 1.54) is 4.90 Å². The van der Waals surface area contributed by atoms with Crippen molar-refractivity contribution in [3.05, 3.63) is 29.8 Å². The van der Waals surface area contributed by atoms with Gasteiger partial charge in [-0.15, -0.1) is 0 Å². The molecule has 0 atom stereocenters. The second kappa shape index (κ2) is 10.4. The molecule has 0 bridgehead atoms. The Bertz CT molecular complexity index is 668. The third kappa shape index (κ3) is 6.80. The molecular formula is C19H30N6O2. The van der Waals surface area contributed by atoms with Gasteiger partial charge in [-0.2, -0.15) is 0 Å². The number of carbonyl (C=O) groups is 2. The second-order valence-electron chi connectivity index (χ2n) is 6.66. The second-order valence-corrected chi connectivity index (χ2v) is 6.66. The van der Waals surface area contributed by atoms with Crippen LogP contribution in [0.1, 0.15) is 25.3 Å². The molecular weight excluding hydrogens is 344 g/mol. The molecule has 0 unspecified atom stereocenters. The fraction of sp³-hybridized carbons (Fsp3) is 0.526. The summed E-state index contributed by atoms with van der Waals surface area (Å²) in [6, 6.07) is 7.61. The average molecular weight is 374 g/mol. The van der Waals surface area contributed by atoms with Crippen molar-refractivity contribution < 1.29 is 9.59 Å². The number of hydrogen-bond acceptors (Lipinski definition) is 3. The zero-order valence-electron chi connectivity index (χ0n) is 16.4. The Morgan fingerprint density at radius 3 is 2.59 bits per heavy atom. The lowest BCUT2D eigenvalue weighted by Gasteiger charge is -2.16. The minimum Gasteiger partial charge on any atom is -0.357 e. The van der Waals surface area contributed by atoms with Gasteiger partial charge in [-0.3, -0.25) is 4.79 Å². The molecule has 1 fully saturated rings. The molecule has 1 aliphatic rings. The highest BCUT2D eigenvalue weighted by molar-refractivity contribution is 5.89. The highest BCUT2D eigenvalue weighted by Gasteiger charge is 2.17. The van der Waals surface area contributed by atoms with Gasteiger partial charge in [0, 0.05) is 39.4 Å². The number of amides is 3. The third-order valence-electron chi connectivity index (χ3n) is 4.24. The summed E-state index contributed by atoms with van der Waals surface area (Å²) in [4.78, 5) is 31.8. The number of urea groups is 1. The average Bonchev–Trinajstić information content (AvgIpc) is 3.19. The van der Waals surface area contributed by atoms with Crippen molar-refractivity contribution in [1.82, 2.24) is 20.4 Å². The van der Waals surface area contributed by atoms with E-state index >= 15 is 0 Å². The molecule has 0 saturated carbocycles. The van der Waals surface area contributed by atoms with E-state index < -0.39 is 0 Å². The number of hydrogen-bond donors (Lipinski definition) is 3. The van der Waals surface area contributed by atoms with Crippen molar-refractivity contribution in [3.63, 3.8) is 0 Å². The van der Waals surface area contributed by atoms with E-state index in [2.05, 4.69) is 20.9 Å². The number of anilines is 1. The monoisotopic (exact) mass is 374 g/mol. The Labute approximate surface area is 161 Å². The third-order valence-corrected chi connectivity index (χ3v) is 4.24. The highest BCUT2D eigenvalue weighted by Crippen LogP contribution is 2.14. The Kier molecular flexibility index (Phi) is 7.91. The number of guanidine groups is 1. The summed E-state index contributed by atoms with van der Waals surface area (Å²) >= 11 is 0. The summed E-state index contributed by atoms with van der Waals surface area (Å²) in [5.74, 6) is 0.562. The van der Waals surface area contributed by atoms with Crippen LogP contribution in [0, 0.1) is 0 Å². The van der Waals surface area contributed by atoms with E-state index in [0.717, 1.165) is 37.2 Å². The van der Waals surface area contributed by atoms with Crippen LogP contribution in [0.5, 0.6) is 0 Å². The number of aliphatic imine (C=N–C) groups is 1. The number of benzene rings is 1. The molecule has 0 radical (unpaired) electrons. The quantitative estimate of drug-likeness (QED) is 0.519. The number of rotatable bonds is 6. The van der Waals surface area contributed by atoms with Crippen molar-refractivity contribution in [3.8, 4) is 0 Å². The fourth-order valence-corrected chi connectivity index (χ4v) is 2.70. The molecule has 8 heteroatoms. The summed E-state index contributed by atoms with van der Waals surface area (Å²) in [6.45, 7) is 4.94. The number of nitrogens with zero attached hydrogens (tertiary/aromatic N) is 3. The van der Waals surface area contributed by atoms with Gasteiger partial charge in [0.1, 0.15) is 0 Å². The maximum atomic E-state index is 12.2. The van der Waals surface area contributed by atoms with E-state index in [-0.39, 0.29) is 18.5 Å². The Morgan fingerprint density at radius 2 is 1.93 bits per heavy atom. The van der Waals surface area contributed by atoms with Crippen LogP contribution in [0.4, 0.5) is 10.5 Å². The lowest BCUT2D eigenvalue weighted by molar-refractivity contribution is -0.127. The maximum Gasteiger partial charge on any atom is 0.321 e. The van der Waals surface area contributed by atoms with Crippen LogP contribution in [0.2, 0.25) is 0 Å². The van der Waals surface area contributed by atoms with E-state index in [1.54, 1.807) is 14.1 Å². The van der Waals surface area contributed by atoms with Crippen molar-refractivity contribution >= 4 is 23.6 Å². The predicted molar refractivity (Wildman–Crippen MR) is 108 cm³/mol. The lowest BCUT2D eigenvalue weighted by atomic mass is 10.2. The normalized spacial score (nSPS) is 14.0. The first kappa shape index (κ1) is 20.5. The summed E-state index contributed by atoms with van der Waals surface area (Å²) in [6.07, 6.45) is 2.14. The molecule has 148 valence electrons. The predicted octanol–water partition coefficient (Wildman–Crippen LogP) is 1.46. The molecule has 3 amide bonds. The summed E-state index contributed by atoms with van der Waals surface area (Å²) in [5.41, 5.74) is 1.74. The van der Waals surface area contributed by atoms with E-state index in [4.69, 9.17) is 0 Å². The van der Waals surface area contributed by atoms with Gasteiger partial charge >= 0.3 is 6.03 Å². The molecule has 1 aromatic rings. The van der Waals surface area contributed by atoms with Crippen LogP contribution in [0.25, 0.3) is 0 Å². The molecule has 2 rings (SSSR count). The van der Waals surface area contributed by atoms with Gasteiger partial charge in [-0.1, -0.05) is 12.1 Å². The topological polar surface area (TPSA) is 89.1 Å². The summed E-state index contributed by atoms with van der Waals surface area (Å²) in [5, 5.41) is 9.10. The standard InChI is InChI=1S/C19H30N6O2/c1-4-20-18(22-14-17(26)24(2)3)21-13-15-8-7-9-16(12-15)23-19(27)25-10-5-6-11-25/h7-9,12H,4-6,10-11,13-14H2,1-3H3,(H,23,27)(H2,20,21,22). The molecule has 0 spiro atoms. The van der Waals surface area contributed by atoms with Crippen LogP contribution >= 0.6 is 0 Å². The molecule has 0 aromatic heterocycles. The van der Waals surface area contributed by atoms with Crippen molar-refractivity contribution in [2.24, 2.45) is 4.99 Å². The molecule has 3 N–H and O–H groups in total. The zero-order valence-corrected chi connectivity index (χ0v) is 16.4. The Balaban J connectivity index is 1.94. The van der Waals surface area contributed by atoms with Crippen LogP contribution in [-0.2, 0) is 11.3 Å². The van der Waals surface area contributed by atoms with Gasteiger partial charge in [0.05, 0.1) is 13.1 Å². The Morgan fingerprint density at radius 1 is 1.19 bits per heavy atom. The summed E-state index contributed by atoms with van der Waals surface area (Å²) in [7, 11) is 3.44. The number of likely N-dealkylation sites (N-methyl/N-ethyl adjacent to an activating group) is 1. The smallest absolute Gasteiger partial charge is 0.321 e. The molecule has 1 aliphatic heterocycles. The van der Waals surface area contributed by atoms with Crippen molar-refractivity contribution in [1.29, 1.82) is 0 Å². The minimum atomic E-state index is -0.0506. The number of nitrogens with one attached hydrogen (secondary N) is 3. The van der Waals surface area contributed by atoms with Gasteiger partial charge in [0.25, 0.3) is 0 Å². The maximum absolute atomic E-state index is 12.2. The van der Waals surface area contributed by atoms with Gasteiger partial charge in [-0.05, 0) is 37.5 Å². The van der Waals surface area contributed by atoms with E-state index in [9.17, 15) is 9.59 Å². The van der Waals surface area contributed by atoms with Gasteiger partial charge in [0.2, 0.25) is 5.91 Å². The van der Waals surface area contributed by atoms with Gasteiger partial charge < -0.3 is 25.8 Å². The minimum absolute atomic E-state index is 0.0211. The van der Waals surface area contributed by atoms with Gasteiger partial charge in [-0.25, -0.2) is 9.79 Å². The lowest BCUT2D eigenvalue weighted by Crippen LogP contribution is -2.42. The molecule has 1 aromatic carbocycles. The van der Waals surface area contributed by atoms with Crippen LogP contribution < -0.4 is 16.0 Å². The van der Waals surface area contributed by atoms with E-state index in [0.29, 0.717) is 19.0 Å². The fourth-order valence-electron chi connectivity index (χ4n) is 2.70. The molecule has 1 heterocycles. The SMILES string of the molecule is CCNC(=NCc1cccc(NC(=O)N2CCCC2)c1)NCC(=O)N(C)C. The number of carbonyl (C=O) groups excluding carboxylic acids is 2. The van der Waals surface area contributed by atoms with Crippen molar-refractivity contribution in [2.75, 3.05) is 45.6 Å². The van der Waals surface area contributed by atoms with Crippen molar-refractivity contribution in [2.45, 2.75) is 26.3 Å². The molecule has 0 aliphatic carbocycles. The first-order chi connectivity index (χ1) is 13.0. The zero-order chi connectivity index (χ0) is 19.6. The van der Waals surface area contributed by atoms with Gasteiger partial charge in [0.15, 0.2) is 5.96 Å². The number of likely N-dealkylation sites (tertiary alicyclic amines) is 1. The highest BCUT2D eigenvalue weighted by atomic mass is 16.2. The first-order valence-corrected chi connectivity index (χ1v) is 9.36. The first-order valence-electron chi connectivity index (χ1n) is 9.36. The Hall–Kier alpha value is -2.77.